The van der Waals surface area contributed by atoms with Gasteiger partial charge in [0.15, 0.2) is 0 Å². The van der Waals surface area contributed by atoms with E-state index in [-0.39, 0.29) is 16.8 Å². The summed E-state index contributed by atoms with van der Waals surface area (Å²) in [4.78, 5) is 0. The van der Waals surface area contributed by atoms with Crippen LogP contribution in [0.3, 0.4) is 0 Å². The molecular weight excluding hydrogens is 237 g/mol. The van der Waals surface area contributed by atoms with Crippen molar-refractivity contribution in [1.29, 1.82) is 0 Å². The second-order valence-electron chi connectivity index (χ2n) is 6.92. The summed E-state index contributed by atoms with van der Waals surface area (Å²) >= 11 is 0. The zero-order valence-corrected chi connectivity index (χ0v) is 12.4. The van der Waals surface area contributed by atoms with Crippen LogP contribution in [0.25, 0.3) is 0 Å². The van der Waals surface area contributed by atoms with Gasteiger partial charge in [-0.2, -0.15) is 0 Å². The molecule has 0 bridgehead atoms. The van der Waals surface area contributed by atoms with Crippen molar-refractivity contribution in [3.63, 3.8) is 0 Å². The summed E-state index contributed by atoms with van der Waals surface area (Å²) in [5, 5.41) is 3.59. The lowest BCUT2D eigenvalue weighted by Gasteiger charge is -2.40. The highest BCUT2D eigenvalue weighted by atomic mass is 19.1. The zero-order valence-electron chi connectivity index (χ0n) is 12.4. The minimum atomic E-state index is -0.0416. The van der Waals surface area contributed by atoms with E-state index in [1.165, 1.54) is 19.3 Å². The lowest BCUT2D eigenvalue weighted by molar-refractivity contribution is 0.247. The highest BCUT2D eigenvalue weighted by molar-refractivity contribution is 5.28. The van der Waals surface area contributed by atoms with Gasteiger partial charge in [-0.3, -0.25) is 0 Å². The van der Waals surface area contributed by atoms with Gasteiger partial charge in [-0.15, -0.1) is 0 Å². The fourth-order valence-electron chi connectivity index (χ4n) is 3.10. The summed E-state index contributed by atoms with van der Waals surface area (Å²) in [5.41, 5.74) is 0.971. The molecule has 1 aliphatic rings. The molecule has 1 N–H and O–H groups in total. The topological polar surface area (TPSA) is 12.0 Å². The summed E-state index contributed by atoms with van der Waals surface area (Å²) in [5.74, 6) is -0.0416. The van der Waals surface area contributed by atoms with E-state index in [0.29, 0.717) is 0 Å². The smallest absolute Gasteiger partial charge is 0.127 e. The van der Waals surface area contributed by atoms with Crippen molar-refractivity contribution in [2.45, 2.75) is 63.8 Å². The molecule has 1 aromatic rings. The maximum atomic E-state index is 14.2. The number of rotatable bonds is 3. The first-order valence-corrected chi connectivity index (χ1v) is 7.43. The first-order valence-electron chi connectivity index (χ1n) is 7.43. The third-order valence-corrected chi connectivity index (χ3v) is 4.21. The van der Waals surface area contributed by atoms with Gasteiger partial charge in [-0.1, -0.05) is 37.5 Å². The van der Waals surface area contributed by atoms with Crippen LogP contribution in [0.5, 0.6) is 0 Å². The molecule has 1 nitrogen and oxygen atoms in total. The summed E-state index contributed by atoms with van der Waals surface area (Å²) in [6, 6.07) is 7.33. The maximum absolute atomic E-state index is 14.2. The summed E-state index contributed by atoms with van der Waals surface area (Å²) in [6.07, 6.45) is 5.89. The zero-order chi connectivity index (χ0) is 13.9. The summed E-state index contributed by atoms with van der Waals surface area (Å²) < 4.78 is 14.2. The fourth-order valence-corrected chi connectivity index (χ4v) is 3.10. The normalized spacial score (nSPS) is 19.4. The van der Waals surface area contributed by atoms with Crippen LogP contribution in [0.2, 0.25) is 0 Å². The van der Waals surface area contributed by atoms with Crippen LogP contribution >= 0.6 is 0 Å². The van der Waals surface area contributed by atoms with Crippen LogP contribution in [0.4, 0.5) is 4.39 Å². The minimum Gasteiger partial charge on any atom is -0.311 e. The van der Waals surface area contributed by atoms with Crippen molar-refractivity contribution in [3.05, 3.63) is 35.6 Å². The molecule has 0 radical (unpaired) electrons. The fraction of sp³-hybridized carbons (Fsp3) is 0.647. The largest absolute Gasteiger partial charge is 0.311 e. The van der Waals surface area contributed by atoms with Crippen molar-refractivity contribution in [3.8, 4) is 0 Å². The molecule has 106 valence electrons. The second-order valence-corrected chi connectivity index (χ2v) is 6.92. The van der Waals surface area contributed by atoms with E-state index in [1.54, 1.807) is 12.1 Å². The van der Waals surface area contributed by atoms with Gasteiger partial charge in [0, 0.05) is 17.5 Å². The first kappa shape index (κ1) is 14.5. The first-order chi connectivity index (χ1) is 8.93. The Morgan fingerprint density at radius 2 is 1.74 bits per heavy atom. The molecule has 0 unspecified atom stereocenters. The van der Waals surface area contributed by atoms with Gasteiger partial charge in [-0.05, 0) is 45.2 Å². The van der Waals surface area contributed by atoms with E-state index in [4.69, 9.17) is 0 Å². The molecule has 19 heavy (non-hydrogen) atoms. The van der Waals surface area contributed by atoms with Crippen molar-refractivity contribution in [2.75, 3.05) is 6.54 Å². The minimum absolute atomic E-state index is 0.0170. The molecule has 0 amide bonds. The van der Waals surface area contributed by atoms with E-state index < -0.39 is 0 Å². The van der Waals surface area contributed by atoms with Crippen LogP contribution in [0, 0.1) is 5.82 Å². The van der Waals surface area contributed by atoms with Crippen LogP contribution < -0.4 is 5.32 Å². The molecule has 2 heteroatoms. The lowest BCUT2D eigenvalue weighted by Crippen LogP contribution is -2.47. The van der Waals surface area contributed by atoms with E-state index in [9.17, 15) is 4.39 Å². The van der Waals surface area contributed by atoms with Gasteiger partial charge >= 0.3 is 0 Å². The van der Waals surface area contributed by atoms with Gasteiger partial charge in [-0.25, -0.2) is 4.39 Å². The van der Waals surface area contributed by atoms with Gasteiger partial charge < -0.3 is 5.32 Å². The molecule has 0 aromatic heterocycles. The third kappa shape index (κ3) is 3.56. The molecule has 1 aliphatic carbocycles. The van der Waals surface area contributed by atoms with Crippen LogP contribution in [0.15, 0.2) is 24.3 Å². The molecule has 0 atom stereocenters. The van der Waals surface area contributed by atoms with E-state index in [2.05, 4.69) is 26.1 Å². The molecule has 2 rings (SSSR count). The number of nitrogens with one attached hydrogen (secondary N) is 1. The third-order valence-electron chi connectivity index (χ3n) is 4.21. The van der Waals surface area contributed by atoms with Crippen molar-refractivity contribution in [2.24, 2.45) is 0 Å². The Kier molecular flexibility index (Phi) is 4.29. The van der Waals surface area contributed by atoms with E-state index in [0.717, 1.165) is 24.9 Å². The Hall–Kier alpha value is -0.890. The molecule has 0 aliphatic heterocycles. The maximum Gasteiger partial charge on any atom is 0.127 e. The monoisotopic (exact) mass is 263 g/mol. The SMILES string of the molecule is CC(C)(C)NCC1(c2ccccc2F)CCCCC1. The van der Waals surface area contributed by atoms with E-state index in [1.807, 2.05) is 12.1 Å². The second kappa shape index (κ2) is 5.62. The number of benzene rings is 1. The molecular formula is C17H26FN. The summed E-state index contributed by atoms with van der Waals surface area (Å²) in [6.45, 7) is 7.39. The van der Waals surface area contributed by atoms with Gasteiger partial charge in [0.25, 0.3) is 0 Å². The van der Waals surface area contributed by atoms with Crippen molar-refractivity contribution < 1.29 is 4.39 Å². The highest BCUT2D eigenvalue weighted by Gasteiger charge is 2.36. The van der Waals surface area contributed by atoms with E-state index >= 15 is 0 Å². The van der Waals surface area contributed by atoms with Crippen LogP contribution in [-0.2, 0) is 5.41 Å². The highest BCUT2D eigenvalue weighted by Crippen LogP contribution is 2.40. The van der Waals surface area contributed by atoms with Gasteiger partial charge in [0.2, 0.25) is 0 Å². The Balaban J connectivity index is 2.27. The molecule has 0 spiro atoms. The van der Waals surface area contributed by atoms with Gasteiger partial charge in [0.05, 0.1) is 0 Å². The quantitative estimate of drug-likeness (QED) is 0.851. The Labute approximate surface area is 116 Å². The molecule has 0 heterocycles. The number of hydrogen-bond acceptors (Lipinski definition) is 1. The standard InChI is InChI=1S/C17H26FN/c1-16(2,3)19-13-17(11-7-4-8-12-17)14-9-5-6-10-15(14)18/h5-6,9-10,19H,4,7-8,11-13H2,1-3H3. The number of halogens is 1. The van der Waals surface area contributed by atoms with Crippen LogP contribution in [-0.4, -0.2) is 12.1 Å². The molecule has 1 aromatic carbocycles. The lowest BCUT2D eigenvalue weighted by atomic mass is 9.69. The average Bonchev–Trinajstić information content (AvgIpc) is 2.37. The van der Waals surface area contributed by atoms with Gasteiger partial charge in [0.1, 0.15) is 5.82 Å². The molecule has 1 fully saturated rings. The van der Waals surface area contributed by atoms with Crippen molar-refractivity contribution >= 4 is 0 Å². The predicted molar refractivity (Wildman–Crippen MR) is 78.9 cm³/mol. The Morgan fingerprint density at radius 1 is 1.11 bits per heavy atom. The molecule has 1 saturated carbocycles. The predicted octanol–water partition coefficient (Wildman–Crippen LogP) is 4.42. The average molecular weight is 263 g/mol. The number of hydrogen-bond donors (Lipinski definition) is 1. The van der Waals surface area contributed by atoms with Crippen LogP contribution in [0.1, 0.15) is 58.4 Å². The van der Waals surface area contributed by atoms with Crippen molar-refractivity contribution in [1.82, 2.24) is 5.32 Å². The molecule has 0 saturated heterocycles. The summed E-state index contributed by atoms with van der Waals surface area (Å²) in [7, 11) is 0. The Bertz CT molecular complexity index is 414. The Morgan fingerprint density at radius 3 is 2.32 bits per heavy atom.